The average molecular weight is 499 g/mol. The van der Waals surface area contributed by atoms with E-state index in [1.807, 2.05) is 0 Å². The lowest BCUT2D eigenvalue weighted by Gasteiger charge is -2.34. The molecule has 184 valence electrons. The highest BCUT2D eigenvalue weighted by Gasteiger charge is 2.31. The molecule has 35 heavy (non-hydrogen) atoms. The number of aromatic nitrogens is 2. The molecule has 0 radical (unpaired) electrons. The van der Waals surface area contributed by atoms with Gasteiger partial charge in [0.15, 0.2) is 11.5 Å². The van der Waals surface area contributed by atoms with Crippen molar-refractivity contribution in [3.05, 3.63) is 48.0 Å². The summed E-state index contributed by atoms with van der Waals surface area (Å²) < 4.78 is 44.3. The number of carbonyl (C=O) groups is 1. The summed E-state index contributed by atoms with van der Waals surface area (Å²) in [5, 5.41) is 10.4. The van der Waals surface area contributed by atoms with Gasteiger partial charge in [-0.05, 0) is 60.7 Å². The van der Waals surface area contributed by atoms with E-state index in [-0.39, 0.29) is 22.4 Å². The van der Waals surface area contributed by atoms with Gasteiger partial charge in [0.05, 0.1) is 4.90 Å². The van der Waals surface area contributed by atoms with E-state index in [4.69, 9.17) is 13.9 Å². The number of anilines is 1. The average Bonchev–Trinajstić information content (AvgIpc) is 3.31. The van der Waals surface area contributed by atoms with Gasteiger partial charge in [-0.25, -0.2) is 8.42 Å². The van der Waals surface area contributed by atoms with Crippen LogP contribution in [0.4, 0.5) is 6.01 Å². The fraction of sp³-hybridized carbons (Fsp3) is 0.375. The van der Waals surface area contributed by atoms with Crippen molar-refractivity contribution in [2.75, 3.05) is 31.6 Å². The van der Waals surface area contributed by atoms with Crippen molar-refractivity contribution in [2.24, 2.45) is 11.8 Å². The van der Waals surface area contributed by atoms with Gasteiger partial charge in [0.1, 0.15) is 13.2 Å². The summed E-state index contributed by atoms with van der Waals surface area (Å²) in [5.74, 6) is 1.55. The SMILES string of the molecule is CC1CC(C)CN(S(=O)(=O)c2ccc(C(=O)Nc3nnc(-c4ccc5c(c4)OCCO5)o3)cc2)C1. The van der Waals surface area contributed by atoms with E-state index in [0.29, 0.717) is 55.2 Å². The van der Waals surface area contributed by atoms with Gasteiger partial charge in [0.2, 0.25) is 15.9 Å². The van der Waals surface area contributed by atoms with Crippen LogP contribution in [0.3, 0.4) is 0 Å². The van der Waals surface area contributed by atoms with Crippen molar-refractivity contribution in [1.82, 2.24) is 14.5 Å². The van der Waals surface area contributed by atoms with E-state index in [2.05, 4.69) is 29.4 Å². The monoisotopic (exact) mass is 498 g/mol. The maximum absolute atomic E-state index is 13.1. The number of fused-ring (bicyclic) bond motifs is 1. The normalized spacial score (nSPS) is 20.4. The number of nitrogens with zero attached hydrogens (tertiary/aromatic N) is 3. The van der Waals surface area contributed by atoms with Gasteiger partial charge in [-0.3, -0.25) is 10.1 Å². The molecule has 2 atom stereocenters. The first-order chi connectivity index (χ1) is 16.8. The molecule has 2 aliphatic heterocycles. The number of benzene rings is 2. The number of hydrogen-bond donors (Lipinski definition) is 1. The number of amides is 1. The molecule has 1 aromatic heterocycles. The Morgan fingerprint density at radius 2 is 1.66 bits per heavy atom. The number of piperidine rings is 1. The first-order valence-corrected chi connectivity index (χ1v) is 12.9. The van der Waals surface area contributed by atoms with Crippen LogP contribution in [0.5, 0.6) is 11.5 Å². The predicted octanol–water partition coefficient (Wildman–Crippen LogP) is 3.43. The van der Waals surface area contributed by atoms with Gasteiger partial charge >= 0.3 is 6.01 Å². The van der Waals surface area contributed by atoms with Crippen LogP contribution in [-0.4, -0.2) is 55.1 Å². The number of ether oxygens (including phenoxy) is 2. The first kappa shape index (κ1) is 23.3. The van der Waals surface area contributed by atoms with Crippen LogP contribution in [0.2, 0.25) is 0 Å². The number of rotatable bonds is 5. The maximum Gasteiger partial charge on any atom is 0.322 e. The van der Waals surface area contributed by atoms with Crippen LogP contribution >= 0.6 is 0 Å². The molecule has 2 aromatic carbocycles. The van der Waals surface area contributed by atoms with Gasteiger partial charge in [0, 0.05) is 24.2 Å². The lowest BCUT2D eigenvalue weighted by atomic mass is 9.94. The number of carbonyl (C=O) groups excluding carboxylic acids is 1. The van der Waals surface area contributed by atoms with Crippen LogP contribution in [0.25, 0.3) is 11.5 Å². The summed E-state index contributed by atoms with van der Waals surface area (Å²) in [4.78, 5) is 12.8. The molecule has 5 rings (SSSR count). The van der Waals surface area contributed by atoms with Gasteiger partial charge in [-0.2, -0.15) is 4.31 Å². The second kappa shape index (κ2) is 9.31. The highest BCUT2D eigenvalue weighted by molar-refractivity contribution is 7.89. The molecule has 1 amide bonds. The van der Waals surface area contributed by atoms with E-state index >= 15 is 0 Å². The van der Waals surface area contributed by atoms with E-state index < -0.39 is 15.9 Å². The third-order valence-electron chi connectivity index (χ3n) is 6.02. The molecule has 1 N–H and O–H groups in total. The Morgan fingerprint density at radius 1 is 0.971 bits per heavy atom. The molecule has 3 aromatic rings. The number of hydrogen-bond acceptors (Lipinski definition) is 8. The van der Waals surface area contributed by atoms with Gasteiger partial charge in [0.25, 0.3) is 5.91 Å². The van der Waals surface area contributed by atoms with E-state index in [1.54, 1.807) is 18.2 Å². The Hall–Kier alpha value is -3.44. The Balaban J connectivity index is 1.27. The lowest BCUT2D eigenvalue weighted by molar-refractivity contribution is 0.102. The van der Waals surface area contributed by atoms with Crippen LogP contribution in [0.1, 0.15) is 30.6 Å². The van der Waals surface area contributed by atoms with Crippen molar-refractivity contribution in [3.8, 4) is 23.0 Å². The molecule has 2 aliphatic rings. The summed E-state index contributed by atoms with van der Waals surface area (Å²) in [6.07, 6.45) is 1.01. The summed E-state index contributed by atoms with van der Waals surface area (Å²) in [5.41, 5.74) is 0.890. The molecule has 0 saturated carbocycles. The fourth-order valence-corrected chi connectivity index (χ4v) is 6.15. The minimum atomic E-state index is -3.62. The molecule has 10 nitrogen and oxygen atoms in total. The topological polar surface area (TPSA) is 124 Å². The molecular formula is C24H26N4O6S. The molecule has 11 heteroatoms. The van der Waals surface area contributed by atoms with Gasteiger partial charge < -0.3 is 13.9 Å². The number of sulfonamides is 1. The van der Waals surface area contributed by atoms with Crippen molar-refractivity contribution >= 4 is 21.9 Å². The molecule has 3 heterocycles. The predicted molar refractivity (Wildman–Crippen MR) is 127 cm³/mol. The Bertz CT molecular complexity index is 1330. The van der Waals surface area contributed by atoms with Crippen molar-refractivity contribution in [2.45, 2.75) is 25.2 Å². The zero-order valence-corrected chi connectivity index (χ0v) is 20.2. The Morgan fingerprint density at radius 3 is 2.37 bits per heavy atom. The quantitative estimate of drug-likeness (QED) is 0.567. The van der Waals surface area contributed by atoms with Gasteiger partial charge in [-0.15, -0.1) is 5.10 Å². The molecule has 1 fully saturated rings. The zero-order chi connectivity index (χ0) is 24.6. The zero-order valence-electron chi connectivity index (χ0n) is 19.4. The third kappa shape index (κ3) is 4.87. The molecular weight excluding hydrogens is 472 g/mol. The molecule has 1 saturated heterocycles. The van der Waals surface area contributed by atoms with Crippen molar-refractivity contribution < 1.29 is 27.1 Å². The first-order valence-electron chi connectivity index (χ1n) is 11.4. The minimum Gasteiger partial charge on any atom is -0.486 e. The highest BCUT2D eigenvalue weighted by atomic mass is 32.2. The van der Waals surface area contributed by atoms with Crippen molar-refractivity contribution in [1.29, 1.82) is 0 Å². The van der Waals surface area contributed by atoms with Crippen LogP contribution in [0.15, 0.2) is 51.8 Å². The third-order valence-corrected chi connectivity index (χ3v) is 7.87. The van der Waals surface area contributed by atoms with E-state index in [9.17, 15) is 13.2 Å². The number of nitrogens with one attached hydrogen (secondary N) is 1. The van der Waals surface area contributed by atoms with Crippen LogP contribution in [0, 0.1) is 11.8 Å². The standard InChI is InChI=1S/C24H26N4O6S/c1-15-11-16(2)14-28(13-15)35(30,31)19-6-3-17(4-7-19)22(29)25-24-27-26-23(34-24)18-5-8-20-21(12-18)33-10-9-32-20/h3-8,12,15-16H,9-11,13-14H2,1-2H3,(H,25,27,29). The molecule has 0 spiro atoms. The second-order valence-corrected chi connectivity index (χ2v) is 11.0. The fourth-order valence-electron chi connectivity index (χ4n) is 4.47. The molecule has 0 bridgehead atoms. The van der Waals surface area contributed by atoms with Crippen LogP contribution < -0.4 is 14.8 Å². The Labute approximate surface area is 203 Å². The molecule has 0 aliphatic carbocycles. The lowest BCUT2D eigenvalue weighted by Crippen LogP contribution is -2.42. The summed E-state index contributed by atoms with van der Waals surface area (Å²) in [6.45, 7) is 6.06. The summed E-state index contributed by atoms with van der Waals surface area (Å²) in [6, 6.07) is 11.0. The van der Waals surface area contributed by atoms with Crippen molar-refractivity contribution in [3.63, 3.8) is 0 Å². The maximum atomic E-state index is 13.1. The summed E-state index contributed by atoms with van der Waals surface area (Å²) in [7, 11) is -3.62. The minimum absolute atomic E-state index is 0.0760. The van der Waals surface area contributed by atoms with Gasteiger partial charge in [-0.1, -0.05) is 18.9 Å². The smallest absolute Gasteiger partial charge is 0.322 e. The van der Waals surface area contributed by atoms with E-state index in [0.717, 1.165) is 6.42 Å². The van der Waals surface area contributed by atoms with E-state index in [1.165, 1.54) is 28.6 Å². The summed E-state index contributed by atoms with van der Waals surface area (Å²) >= 11 is 0. The second-order valence-electron chi connectivity index (χ2n) is 9.02. The molecule has 2 unspecified atom stereocenters. The Kier molecular flexibility index (Phi) is 6.20. The van der Waals surface area contributed by atoms with Crippen LogP contribution in [-0.2, 0) is 10.0 Å². The highest BCUT2D eigenvalue weighted by Crippen LogP contribution is 2.34. The largest absolute Gasteiger partial charge is 0.486 e.